The third kappa shape index (κ3) is 4.06. The molecule has 2 heterocycles. The molecule has 8 heteroatoms. The quantitative estimate of drug-likeness (QED) is 0.790. The second-order valence-electron chi connectivity index (χ2n) is 5.91. The van der Waals surface area contributed by atoms with Crippen LogP contribution in [0, 0.1) is 0 Å². The highest BCUT2D eigenvalue weighted by Gasteiger charge is 2.29. The van der Waals surface area contributed by atoms with E-state index in [1.54, 1.807) is 17.5 Å². The van der Waals surface area contributed by atoms with Crippen LogP contribution in [0.1, 0.15) is 25.7 Å². The number of hydrogen-bond donors (Lipinski definition) is 3. The van der Waals surface area contributed by atoms with Gasteiger partial charge in [-0.15, -0.1) is 11.3 Å². The fourth-order valence-corrected chi connectivity index (χ4v) is 3.85. The molecule has 0 amide bonds. The molecule has 1 aliphatic carbocycles. The lowest BCUT2D eigenvalue weighted by Gasteiger charge is -2.31. The van der Waals surface area contributed by atoms with Crippen LogP contribution >= 0.6 is 11.3 Å². The van der Waals surface area contributed by atoms with Crippen LogP contribution in [0.15, 0.2) is 17.6 Å². The van der Waals surface area contributed by atoms with Gasteiger partial charge in [-0.1, -0.05) is 0 Å². The van der Waals surface area contributed by atoms with Gasteiger partial charge in [-0.05, 0) is 37.1 Å². The van der Waals surface area contributed by atoms with Crippen LogP contribution in [0.5, 0.6) is 0 Å². The largest absolute Gasteiger partial charge is 0.401 e. The van der Waals surface area contributed by atoms with Crippen LogP contribution in [-0.4, -0.2) is 29.8 Å². The molecular formula is C15H19F3N4S. The molecule has 0 saturated heterocycles. The average molecular weight is 344 g/mol. The zero-order valence-electron chi connectivity index (χ0n) is 12.5. The topological polar surface area (TPSA) is 63.0 Å². The Balaban J connectivity index is 1.58. The van der Waals surface area contributed by atoms with E-state index in [0.717, 1.165) is 41.6 Å². The summed E-state index contributed by atoms with van der Waals surface area (Å²) in [6.45, 7) is -0.914. The van der Waals surface area contributed by atoms with Gasteiger partial charge >= 0.3 is 6.18 Å². The number of anilines is 2. The minimum absolute atomic E-state index is 0.0637. The molecule has 2 aromatic heterocycles. The van der Waals surface area contributed by atoms with Crippen molar-refractivity contribution < 1.29 is 13.2 Å². The Morgan fingerprint density at radius 3 is 2.61 bits per heavy atom. The number of pyridine rings is 1. The number of aromatic nitrogens is 1. The molecule has 0 aliphatic heterocycles. The Labute approximate surface area is 136 Å². The van der Waals surface area contributed by atoms with Crippen LogP contribution in [-0.2, 0) is 0 Å². The van der Waals surface area contributed by atoms with Crippen molar-refractivity contribution in [1.29, 1.82) is 0 Å². The van der Waals surface area contributed by atoms with Gasteiger partial charge < -0.3 is 16.4 Å². The van der Waals surface area contributed by atoms with Crippen molar-refractivity contribution in [2.45, 2.75) is 43.9 Å². The summed E-state index contributed by atoms with van der Waals surface area (Å²) >= 11 is 1.59. The third-order valence-electron chi connectivity index (χ3n) is 4.17. The number of rotatable bonds is 4. The molecule has 4 N–H and O–H groups in total. The Morgan fingerprint density at radius 1 is 1.22 bits per heavy atom. The van der Waals surface area contributed by atoms with Gasteiger partial charge in [0.05, 0.1) is 34.3 Å². The summed E-state index contributed by atoms with van der Waals surface area (Å²) in [4.78, 5) is 4.28. The summed E-state index contributed by atoms with van der Waals surface area (Å²) in [5, 5.41) is 8.04. The van der Waals surface area contributed by atoms with E-state index < -0.39 is 12.7 Å². The molecule has 0 bridgehead atoms. The summed E-state index contributed by atoms with van der Waals surface area (Å²) < 4.78 is 37.8. The van der Waals surface area contributed by atoms with Crippen LogP contribution in [0.3, 0.4) is 0 Å². The van der Waals surface area contributed by atoms with Crippen molar-refractivity contribution in [2.24, 2.45) is 0 Å². The van der Waals surface area contributed by atoms with Gasteiger partial charge in [-0.3, -0.25) is 4.98 Å². The molecule has 4 nitrogen and oxygen atoms in total. The van der Waals surface area contributed by atoms with Gasteiger partial charge in [0.2, 0.25) is 0 Å². The minimum atomic E-state index is -4.15. The Morgan fingerprint density at radius 2 is 1.91 bits per heavy atom. The van der Waals surface area contributed by atoms with E-state index in [4.69, 9.17) is 5.73 Å². The van der Waals surface area contributed by atoms with Crippen molar-refractivity contribution in [3.05, 3.63) is 17.6 Å². The number of nitrogens with one attached hydrogen (secondary N) is 2. The van der Waals surface area contributed by atoms with E-state index >= 15 is 0 Å². The summed E-state index contributed by atoms with van der Waals surface area (Å²) in [6, 6.07) is 2.11. The van der Waals surface area contributed by atoms with Gasteiger partial charge in [0.1, 0.15) is 0 Å². The predicted molar refractivity (Wildman–Crippen MR) is 87.8 cm³/mol. The minimum Gasteiger partial charge on any atom is -0.396 e. The Bertz CT molecular complexity index is 662. The third-order valence-corrected chi connectivity index (χ3v) is 5.09. The molecule has 23 heavy (non-hydrogen) atoms. The zero-order chi connectivity index (χ0) is 16.4. The summed E-state index contributed by atoms with van der Waals surface area (Å²) in [7, 11) is 0. The molecular weight excluding hydrogens is 325 g/mol. The second kappa shape index (κ2) is 6.52. The van der Waals surface area contributed by atoms with Gasteiger partial charge in [0.15, 0.2) is 0 Å². The Hall–Kier alpha value is -1.54. The first-order valence-electron chi connectivity index (χ1n) is 7.61. The van der Waals surface area contributed by atoms with E-state index in [0.29, 0.717) is 5.69 Å². The molecule has 0 radical (unpaired) electrons. The maximum Gasteiger partial charge on any atom is 0.401 e. The summed E-state index contributed by atoms with van der Waals surface area (Å²) in [6.07, 6.45) is 0.603. The molecule has 3 rings (SSSR count). The number of hydrogen-bond acceptors (Lipinski definition) is 5. The average Bonchev–Trinajstić information content (AvgIpc) is 2.97. The van der Waals surface area contributed by atoms with Gasteiger partial charge in [0, 0.05) is 12.1 Å². The monoisotopic (exact) mass is 344 g/mol. The van der Waals surface area contributed by atoms with Crippen molar-refractivity contribution in [3.63, 3.8) is 0 Å². The van der Waals surface area contributed by atoms with Crippen LogP contribution in [0.25, 0.3) is 10.2 Å². The smallest absolute Gasteiger partial charge is 0.396 e. The van der Waals surface area contributed by atoms with Gasteiger partial charge in [-0.25, -0.2) is 0 Å². The van der Waals surface area contributed by atoms with Gasteiger partial charge in [0.25, 0.3) is 0 Å². The first kappa shape index (κ1) is 16.3. The van der Waals surface area contributed by atoms with Crippen molar-refractivity contribution in [3.8, 4) is 0 Å². The van der Waals surface area contributed by atoms with E-state index in [2.05, 4.69) is 15.6 Å². The lowest BCUT2D eigenvalue weighted by Crippen LogP contribution is -2.41. The molecule has 1 saturated carbocycles. The number of nitrogens with zero attached hydrogens (tertiary/aromatic N) is 1. The van der Waals surface area contributed by atoms with E-state index in [9.17, 15) is 13.2 Å². The van der Waals surface area contributed by atoms with E-state index in [1.807, 2.05) is 11.4 Å². The van der Waals surface area contributed by atoms with Crippen molar-refractivity contribution in [2.75, 3.05) is 17.6 Å². The van der Waals surface area contributed by atoms with E-state index in [-0.39, 0.29) is 12.1 Å². The normalized spacial score (nSPS) is 22.4. The number of fused-ring (bicyclic) bond motifs is 1. The standard InChI is InChI=1S/C15H19F3N4S/c16-15(17,18)8-21-9-1-3-10(4-2-9)22-13-11(19)7-20-12-5-6-23-14(12)13/h5-7,9-10,21H,1-4,8,19H2,(H,20,22)/t9-,10-. The highest BCUT2D eigenvalue weighted by atomic mass is 32.1. The molecule has 126 valence electrons. The number of nitrogens with two attached hydrogens (primary N) is 1. The highest BCUT2D eigenvalue weighted by Crippen LogP contribution is 2.34. The van der Waals surface area contributed by atoms with Crippen LogP contribution in [0.2, 0.25) is 0 Å². The molecule has 2 aromatic rings. The van der Waals surface area contributed by atoms with E-state index in [1.165, 1.54) is 0 Å². The lowest BCUT2D eigenvalue weighted by atomic mass is 9.91. The van der Waals surface area contributed by atoms with Crippen LogP contribution < -0.4 is 16.4 Å². The number of alkyl halides is 3. The first-order valence-corrected chi connectivity index (χ1v) is 8.49. The Kier molecular flexibility index (Phi) is 4.63. The first-order chi connectivity index (χ1) is 10.9. The summed E-state index contributed by atoms with van der Waals surface area (Å²) in [5.74, 6) is 0. The molecule has 0 atom stereocenters. The molecule has 0 spiro atoms. The highest BCUT2D eigenvalue weighted by molar-refractivity contribution is 7.17. The molecule has 0 aromatic carbocycles. The van der Waals surface area contributed by atoms with Crippen molar-refractivity contribution >= 4 is 32.9 Å². The molecule has 1 aliphatic rings. The zero-order valence-corrected chi connectivity index (χ0v) is 13.3. The molecule has 1 fully saturated rings. The molecule has 0 unspecified atom stereocenters. The fourth-order valence-electron chi connectivity index (χ4n) is 2.98. The van der Waals surface area contributed by atoms with Gasteiger partial charge in [-0.2, -0.15) is 13.2 Å². The van der Waals surface area contributed by atoms with Crippen molar-refractivity contribution in [1.82, 2.24) is 10.3 Å². The fraction of sp³-hybridized carbons (Fsp3) is 0.533. The maximum atomic E-state index is 12.2. The second-order valence-corrected chi connectivity index (χ2v) is 6.83. The number of halogens is 3. The number of thiophene rings is 1. The van der Waals surface area contributed by atoms with Crippen LogP contribution in [0.4, 0.5) is 24.5 Å². The number of nitrogen functional groups attached to an aromatic ring is 1. The summed E-state index contributed by atoms with van der Waals surface area (Å²) in [5.41, 5.74) is 8.45. The SMILES string of the molecule is Nc1cnc2ccsc2c1N[C@H]1CC[C@H](NCC(F)(F)F)CC1. The predicted octanol–water partition coefficient (Wildman–Crippen LogP) is 3.75. The maximum absolute atomic E-state index is 12.2. The lowest BCUT2D eigenvalue weighted by molar-refractivity contribution is -0.126.